The Bertz CT molecular complexity index is 716. The Labute approximate surface area is 145 Å². The molecule has 7 heteroatoms. The van der Waals surface area contributed by atoms with Gasteiger partial charge in [-0.15, -0.1) is 11.3 Å². The van der Waals surface area contributed by atoms with Crippen LogP contribution in [0.4, 0.5) is 11.4 Å². The molecule has 0 radical (unpaired) electrons. The molecule has 1 heterocycles. The number of hydrogen-bond donors (Lipinski definition) is 1. The Morgan fingerprint density at radius 3 is 2.75 bits per heavy atom. The molecule has 0 fully saturated rings. The zero-order chi connectivity index (χ0) is 17.7. The first-order valence-corrected chi connectivity index (χ1v) is 8.55. The number of hydrogen-bond acceptors (Lipinski definition) is 5. The van der Waals surface area contributed by atoms with Gasteiger partial charge in [-0.25, -0.2) is 0 Å². The smallest absolute Gasteiger partial charge is 0.269 e. The third kappa shape index (κ3) is 4.62. The zero-order valence-electron chi connectivity index (χ0n) is 14.0. The summed E-state index contributed by atoms with van der Waals surface area (Å²) in [4.78, 5) is 25.8. The van der Waals surface area contributed by atoms with Crippen molar-refractivity contribution in [2.75, 3.05) is 18.9 Å². The van der Waals surface area contributed by atoms with Crippen molar-refractivity contribution >= 4 is 28.6 Å². The van der Waals surface area contributed by atoms with Crippen molar-refractivity contribution in [1.82, 2.24) is 4.90 Å². The molecular weight excluding hydrogens is 326 g/mol. The van der Waals surface area contributed by atoms with Crippen molar-refractivity contribution in [1.29, 1.82) is 0 Å². The second-order valence-corrected chi connectivity index (χ2v) is 6.71. The molecular formula is C17H21N3O3S. The topological polar surface area (TPSA) is 75.5 Å². The molecule has 2 aromatic rings. The van der Waals surface area contributed by atoms with Gasteiger partial charge in [-0.3, -0.25) is 19.8 Å². The van der Waals surface area contributed by atoms with Gasteiger partial charge >= 0.3 is 0 Å². The summed E-state index contributed by atoms with van der Waals surface area (Å²) in [5.74, 6) is -0.0998. The number of thiophene rings is 1. The van der Waals surface area contributed by atoms with Crippen LogP contribution >= 0.6 is 11.3 Å². The van der Waals surface area contributed by atoms with Crippen LogP contribution in [0, 0.1) is 17.0 Å². The molecule has 0 spiro atoms. The molecule has 24 heavy (non-hydrogen) atoms. The molecule has 1 amide bonds. The van der Waals surface area contributed by atoms with E-state index in [1.54, 1.807) is 24.3 Å². The minimum absolute atomic E-state index is 0.0232. The van der Waals surface area contributed by atoms with Gasteiger partial charge in [-0.1, -0.05) is 6.07 Å². The number of anilines is 1. The number of aryl methyl sites for hydroxylation is 1. The van der Waals surface area contributed by atoms with E-state index in [9.17, 15) is 14.9 Å². The number of carbonyl (C=O) groups is 1. The van der Waals surface area contributed by atoms with Crippen molar-refractivity contribution in [3.8, 4) is 0 Å². The van der Waals surface area contributed by atoms with Crippen LogP contribution in [0.25, 0.3) is 0 Å². The number of nitrogens with zero attached hydrogens (tertiary/aromatic N) is 2. The normalized spacial score (nSPS) is 12.2. The quantitative estimate of drug-likeness (QED) is 0.607. The second-order valence-electron chi connectivity index (χ2n) is 5.73. The number of nitro groups is 1. The molecule has 1 N–H and O–H groups in total. The van der Waals surface area contributed by atoms with Crippen molar-refractivity contribution in [2.24, 2.45) is 0 Å². The predicted octanol–water partition coefficient (Wildman–Crippen LogP) is 3.99. The van der Waals surface area contributed by atoms with Crippen LogP contribution < -0.4 is 5.32 Å². The van der Waals surface area contributed by atoms with Crippen LogP contribution in [0.2, 0.25) is 0 Å². The number of amides is 1. The zero-order valence-corrected chi connectivity index (χ0v) is 14.8. The van der Waals surface area contributed by atoms with Gasteiger partial charge in [-0.05, 0) is 44.0 Å². The highest BCUT2D eigenvalue weighted by atomic mass is 32.1. The third-order valence-corrected chi connectivity index (χ3v) is 5.05. The summed E-state index contributed by atoms with van der Waals surface area (Å²) in [5.41, 5.74) is 1.31. The van der Waals surface area contributed by atoms with E-state index in [2.05, 4.69) is 23.2 Å². The lowest BCUT2D eigenvalue weighted by molar-refractivity contribution is -0.384. The van der Waals surface area contributed by atoms with Crippen LogP contribution in [0.15, 0.2) is 35.7 Å². The van der Waals surface area contributed by atoms with Crippen molar-refractivity contribution < 1.29 is 9.72 Å². The SMILES string of the molecule is Cc1cc([N+](=O)[O-])ccc1NC(=O)CCN(C)[C@H](C)c1cccs1. The molecule has 0 unspecified atom stereocenters. The summed E-state index contributed by atoms with van der Waals surface area (Å²) >= 11 is 1.70. The maximum atomic E-state index is 12.1. The predicted molar refractivity (Wildman–Crippen MR) is 96.4 cm³/mol. The fourth-order valence-electron chi connectivity index (χ4n) is 2.33. The molecule has 1 aromatic heterocycles. The first kappa shape index (κ1) is 18.1. The molecule has 6 nitrogen and oxygen atoms in total. The van der Waals surface area contributed by atoms with Gasteiger partial charge in [-0.2, -0.15) is 0 Å². The fraction of sp³-hybridized carbons (Fsp3) is 0.353. The lowest BCUT2D eigenvalue weighted by Gasteiger charge is -2.23. The largest absolute Gasteiger partial charge is 0.326 e. The molecule has 0 aliphatic heterocycles. The summed E-state index contributed by atoms with van der Waals surface area (Å²) < 4.78 is 0. The van der Waals surface area contributed by atoms with Crippen molar-refractivity contribution in [3.63, 3.8) is 0 Å². The third-order valence-electron chi connectivity index (χ3n) is 4.00. The maximum absolute atomic E-state index is 12.1. The van der Waals surface area contributed by atoms with Crippen LogP contribution in [-0.2, 0) is 4.79 Å². The minimum atomic E-state index is -0.445. The molecule has 0 aliphatic carbocycles. The molecule has 1 atom stereocenters. The van der Waals surface area contributed by atoms with E-state index in [0.717, 1.165) is 0 Å². The summed E-state index contributed by atoms with van der Waals surface area (Å²) in [6.07, 6.45) is 0.364. The average molecular weight is 347 g/mol. The van der Waals surface area contributed by atoms with Gasteiger partial charge in [0.1, 0.15) is 0 Å². The van der Waals surface area contributed by atoms with Gasteiger partial charge in [0.15, 0.2) is 0 Å². The molecule has 2 rings (SSSR count). The highest BCUT2D eigenvalue weighted by Gasteiger charge is 2.15. The summed E-state index contributed by atoms with van der Waals surface area (Å²) in [6.45, 7) is 4.49. The minimum Gasteiger partial charge on any atom is -0.326 e. The molecule has 0 aliphatic rings. The number of nitrogens with one attached hydrogen (secondary N) is 1. The monoisotopic (exact) mass is 347 g/mol. The molecule has 128 valence electrons. The van der Waals surface area contributed by atoms with E-state index < -0.39 is 4.92 Å². The van der Waals surface area contributed by atoms with E-state index in [1.165, 1.54) is 17.0 Å². The van der Waals surface area contributed by atoms with Crippen LogP contribution in [0.5, 0.6) is 0 Å². The first-order valence-electron chi connectivity index (χ1n) is 7.67. The number of nitro benzene ring substituents is 1. The van der Waals surface area contributed by atoms with Gasteiger partial charge in [0.2, 0.25) is 5.91 Å². The van der Waals surface area contributed by atoms with Crippen molar-refractivity contribution in [3.05, 3.63) is 56.3 Å². The van der Waals surface area contributed by atoms with Crippen LogP contribution in [0.3, 0.4) is 0 Å². The summed E-state index contributed by atoms with van der Waals surface area (Å²) in [6, 6.07) is 8.80. The van der Waals surface area contributed by atoms with E-state index >= 15 is 0 Å². The standard InChI is InChI=1S/C17H21N3O3S/c1-12-11-14(20(22)23)6-7-15(12)18-17(21)8-9-19(3)13(2)16-5-4-10-24-16/h4-7,10-11,13H,8-9H2,1-3H3,(H,18,21)/t13-/m1/s1. The first-order chi connectivity index (χ1) is 11.4. The Morgan fingerprint density at radius 1 is 1.42 bits per heavy atom. The molecule has 1 aromatic carbocycles. The van der Waals surface area contributed by atoms with Gasteiger partial charge in [0.05, 0.1) is 4.92 Å². The molecule has 0 saturated carbocycles. The number of benzene rings is 1. The highest BCUT2D eigenvalue weighted by Crippen LogP contribution is 2.24. The second kappa shape index (κ2) is 8.03. The summed E-state index contributed by atoms with van der Waals surface area (Å²) in [7, 11) is 1.99. The van der Waals surface area contributed by atoms with Gasteiger partial charge in [0.25, 0.3) is 5.69 Å². The Morgan fingerprint density at radius 2 is 2.17 bits per heavy atom. The maximum Gasteiger partial charge on any atom is 0.269 e. The van der Waals surface area contributed by atoms with E-state index in [4.69, 9.17) is 0 Å². The van der Waals surface area contributed by atoms with Gasteiger partial charge < -0.3 is 5.32 Å². The Hall–Kier alpha value is -2.25. The molecule has 0 saturated heterocycles. The fourth-order valence-corrected chi connectivity index (χ4v) is 3.18. The van der Waals surface area contributed by atoms with E-state index in [-0.39, 0.29) is 17.6 Å². The number of carbonyl (C=O) groups excluding carboxylic acids is 1. The summed E-state index contributed by atoms with van der Waals surface area (Å²) in [5, 5.41) is 15.6. The Kier molecular flexibility index (Phi) is 6.05. The average Bonchev–Trinajstić information content (AvgIpc) is 3.08. The van der Waals surface area contributed by atoms with Gasteiger partial charge in [0, 0.05) is 41.7 Å². The van der Waals surface area contributed by atoms with E-state index in [0.29, 0.717) is 24.2 Å². The van der Waals surface area contributed by atoms with Crippen molar-refractivity contribution in [2.45, 2.75) is 26.3 Å². The highest BCUT2D eigenvalue weighted by molar-refractivity contribution is 7.10. The Balaban J connectivity index is 1.88. The molecule has 0 bridgehead atoms. The lowest BCUT2D eigenvalue weighted by atomic mass is 10.1. The lowest BCUT2D eigenvalue weighted by Crippen LogP contribution is -2.26. The van der Waals surface area contributed by atoms with E-state index in [1.807, 2.05) is 18.5 Å². The van der Waals surface area contributed by atoms with Crippen LogP contribution in [0.1, 0.15) is 29.8 Å². The number of rotatable bonds is 7. The van der Waals surface area contributed by atoms with Crippen LogP contribution in [-0.4, -0.2) is 29.3 Å². The number of non-ortho nitro benzene ring substituents is 1.